The fourth-order valence-corrected chi connectivity index (χ4v) is 6.53. The summed E-state index contributed by atoms with van der Waals surface area (Å²) in [6, 6.07) is 5.90. The molecule has 210 valence electrons. The second kappa shape index (κ2) is 10.1. The number of likely N-dealkylation sites (tertiary alicyclic amines) is 3. The average molecular weight is 545 g/mol. The van der Waals surface area contributed by atoms with Crippen LogP contribution in [0.3, 0.4) is 0 Å². The Labute approximate surface area is 225 Å². The number of alkyl halides is 3. The minimum atomic E-state index is -4.42. The van der Waals surface area contributed by atoms with Crippen LogP contribution in [0, 0.1) is 0 Å². The van der Waals surface area contributed by atoms with Crippen molar-refractivity contribution in [2.75, 3.05) is 39.3 Å². The van der Waals surface area contributed by atoms with Crippen molar-refractivity contribution in [2.24, 2.45) is 5.73 Å². The van der Waals surface area contributed by atoms with Gasteiger partial charge in [0.15, 0.2) is 0 Å². The van der Waals surface area contributed by atoms with E-state index in [1.807, 2.05) is 14.5 Å². The predicted octanol–water partition coefficient (Wildman–Crippen LogP) is 4.20. The summed E-state index contributed by atoms with van der Waals surface area (Å²) in [5.41, 5.74) is 7.15. The van der Waals surface area contributed by atoms with Crippen LogP contribution in [-0.4, -0.2) is 81.7 Å². The maximum absolute atomic E-state index is 13.7. The first kappa shape index (κ1) is 26.2. The number of rotatable bonds is 4. The third-order valence-corrected chi connectivity index (χ3v) is 8.79. The summed E-state index contributed by atoms with van der Waals surface area (Å²) in [6.45, 7) is 3.27. The van der Waals surface area contributed by atoms with Gasteiger partial charge in [-0.1, -0.05) is 18.2 Å². The Balaban J connectivity index is 1.14. The fraction of sp³-hybridized carbons (Fsp3) is 0.607. The van der Waals surface area contributed by atoms with Gasteiger partial charge >= 0.3 is 12.2 Å². The fourth-order valence-electron chi connectivity index (χ4n) is 6.53. The Kier molecular flexibility index (Phi) is 6.81. The zero-order chi connectivity index (χ0) is 27.3. The molecule has 1 unspecified atom stereocenters. The molecule has 3 saturated heterocycles. The normalized spacial score (nSPS) is 24.6. The summed E-state index contributed by atoms with van der Waals surface area (Å²) in [7, 11) is 0. The molecule has 1 saturated carbocycles. The lowest BCUT2D eigenvalue weighted by atomic mass is 9.93. The van der Waals surface area contributed by atoms with Gasteiger partial charge in [-0.25, -0.2) is 4.79 Å². The van der Waals surface area contributed by atoms with Crippen molar-refractivity contribution >= 4 is 11.9 Å². The topological polar surface area (TPSA) is 87.7 Å². The zero-order valence-corrected chi connectivity index (χ0v) is 21.9. The quantitative estimate of drug-likeness (QED) is 0.625. The van der Waals surface area contributed by atoms with Gasteiger partial charge in [-0.2, -0.15) is 18.3 Å². The highest BCUT2D eigenvalue weighted by atomic mass is 19.4. The van der Waals surface area contributed by atoms with Crippen molar-refractivity contribution in [3.05, 3.63) is 52.8 Å². The smallest absolute Gasteiger partial charge is 0.338 e. The Bertz CT molecular complexity index is 1230. The van der Waals surface area contributed by atoms with Crippen molar-refractivity contribution in [2.45, 2.75) is 68.6 Å². The van der Waals surface area contributed by atoms with E-state index in [0.717, 1.165) is 43.9 Å². The first-order valence-corrected chi connectivity index (χ1v) is 14.0. The molecule has 1 aromatic heterocycles. The summed E-state index contributed by atoms with van der Waals surface area (Å²) in [5, 5.41) is 4.66. The molecule has 1 aliphatic carbocycles. The lowest BCUT2D eigenvalue weighted by molar-refractivity contribution is -0.138. The number of nitrogens with zero attached hydrogens (tertiary/aromatic N) is 5. The van der Waals surface area contributed by atoms with Gasteiger partial charge in [0.1, 0.15) is 0 Å². The van der Waals surface area contributed by atoms with E-state index in [1.165, 1.54) is 12.1 Å². The number of urea groups is 1. The number of aromatic nitrogens is 2. The van der Waals surface area contributed by atoms with Crippen LogP contribution < -0.4 is 5.73 Å². The number of piperidine rings is 1. The van der Waals surface area contributed by atoms with Crippen LogP contribution in [0.15, 0.2) is 30.5 Å². The lowest BCUT2D eigenvalue weighted by Crippen LogP contribution is -2.46. The van der Waals surface area contributed by atoms with Gasteiger partial charge in [0.2, 0.25) is 0 Å². The van der Waals surface area contributed by atoms with Crippen LogP contribution in [0.4, 0.5) is 18.0 Å². The van der Waals surface area contributed by atoms with Crippen LogP contribution in [0.25, 0.3) is 0 Å². The van der Waals surface area contributed by atoms with Crippen molar-refractivity contribution < 1.29 is 22.8 Å². The second-order valence-corrected chi connectivity index (χ2v) is 11.5. The molecule has 4 heterocycles. The van der Waals surface area contributed by atoms with Crippen molar-refractivity contribution in [3.63, 3.8) is 0 Å². The molecule has 6 rings (SSSR count). The van der Waals surface area contributed by atoms with Crippen molar-refractivity contribution in [1.82, 2.24) is 24.5 Å². The molecular weight excluding hydrogens is 509 g/mol. The molecule has 0 radical (unpaired) electrons. The monoisotopic (exact) mass is 544 g/mol. The minimum Gasteiger partial charge on any atom is -0.338 e. The molecule has 2 atom stereocenters. The Morgan fingerprint density at radius 1 is 0.846 bits per heavy atom. The van der Waals surface area contributed by atoms with E-state index >= 15 is 0 Å². The number of carbonyl (C=O) groups is 2. The van der Waals surface area contributed by atoms with E-state index in [-0.39, 0.29) is 48.0 Å². The largest absolute Gasteiger partial charge is 0.416 e. The number of carbonyl (C=O) groups excluding carboxylic acids is 2. The Morgan fingerprint density at radius 3 is 2.21 bits per heavy atom. The molecule has 0 spiro atoms. The number of nitrogens with two attached hydrogens (primary N) is 1. The third-order valence-electron chi connectivity index (χ3n) is 8.79. The average Bonchev–Trinajstić information content (AvgIpc) is 3.30. The summed E-state index contributed by atoms with van der Waals surface area (Å²) in [6.07, 6.45) is 2.09. The summed E-state index contributed by atoms with van der Waals surface area (Å²) < 4.78 is 42.8. The molecule has 2 N–H and O–H groups in total. The molecule has 4 fully saturated rings. The maximum atomic E-state index is 13.7. The molecular formula is C28H35F3N6O2. The number of halogens is 3. The first-order chi connectivity index (χ1) is 18.7. The number of hydrogen-bond donors (Lipinski definition) is 1. The molecule has 11 heteroatoms. The van der Waals surface area contributed by atoms with E-state index in [0.29, 0.717) is 44.7 Å². The number of benzene rings is 1. The van der Waals surface area contributed by atoms with Gasteiger partial charge in [0.25, 0.3) is 5.91 Å². The maximum Gasteiger partial charge on any atom is 0.416 e. The summed E-state index contributed by atoms with van der Waals surface area (Å²) >= 11 is 0. The van der Waals surface area contributed by atoms with E-state index in [9.17, 15) is 22.8 Å². The van der Waals surface area contributed by atoms with Crippen LogP contribution in [-0.2, 0) is 6.18 Å². The SMILES string of the molecule is NC1CCN(C(=O)N2CCC(n3ncc(C(=O)N4CC[C@@H](c5ccccc5C(F)(F)F)C4)c3C3CC3)CC2)C1. The molecule has 39 heavy (non-hydrogen) atoms. The molecule has 8 nitrogen and oxygen atoms in total. The predicted molar refractivity (Wildman–Crippen MR) is 138 cm³/mol. The van der Waals surface area contributed by atoms with E-state index in [2.05, 4.69) is 5.10 Å². The van der Waals surface area contributed by atoms with Gasteiger partial charge in [-0.15, -0.1) is 0 Å². The molecule has 4 aliphatic rings. The highest BCUT2D eigenvalue weighted by Crippen LogP contribution is 2.44. The third kappa shape index (κ3) is 5.13. The zero-order valence-electron chi connectivity index (χ0n) is 21.9. The van der Waals surface area contributed by atoms with Crippen LogP contribution in [0.2, 0.25) is 0 Å². The van der Waals surface area contributed by atoms with Crippen molar-refractivity contribution in [1.29, 1.82) is 0 Å². The van der Waals surface area contributed by atoms with Gasteiger partial charge < -0.3 is 20.4 Å². The number of amides is 3. The van der Waals surface area contributed by atoms with Gasteiger partial charge in [-0.3, -0.25) is 9.48 Å². The molecule has 0 bridgehead atoms. The molecule has 3 aliphatic heterocycles. The Morgan fingerprint density at radius 2 is 1.54 bits per heavy atom. The molecule has 1 aromatic carbocycles. The van der Waals surface area contributed by atoms with Crippen LogP contribution in [0.5, 0.6) is 0 Å². The molecule has 3 amide bonds. The van der Waals surface area contributed by atoms with Crippen LogP contribution >= 0.6 is 0 Å². The first-order valence-electron chi connectivity index (χ1n) is 14.0. The minimum absolute atomic E-state index is 0.0517. The molecule has 2 aromatic rings. The standard InChI is InChI=1S/C28H35F3N6O2/c29-28(30,31)24-4-2-1-3-22(24)19-7-11-35(16-19)26(38)23-15-33-37(25(23)18-5-6-18)21-9-13-34(14-10-21)27(39)36-12-8-20(32)17-36/h1-4,15,18-21H,5-14,16-17,32H2/t19-,20?/m1/s1. The summed E-state index contributed by atoms with van der Waals surface area (Å²) in [5.74, 6) is -0.215. The van der Waals surface area contributed by atoms with Gasteiger partial charge in [-0.05, 0) is 50.2 Å². The summed E-state index contributed by atoms with van der Waals surface area (Å²) in [4.78, 5) is 31.9. The van der Waals surface area contributed by atoms with E-state index < -0.39 is 11.7 Å². The van der Waals surface area contributed by atoms with Gasteiger partial charge in [0.05, 0.1) is 29.1 Å². The lowest BCUT2D eigenvalue weighted by Gasteiger charge is -2.35. The van der Waals surface area contributed by atoms with E-state index in [4.69, 9.17) is 5.73 Å². The van der Waals surface area contributed by atoms with Crippen LogP contribution in [0.1, 0.15) is 83.6 Å². The van der Waals surface area contributed by atoms with Gasteiger partial charge in [0, 0.05) is 57.1 Å². The highest BCUT2D eigenvalue weighted by Gasteiger charge is 2.40. The Hall–Kier alpha value is -3.08. The second-order valence-electron chi connectivity index (χ2n) is 11.5. The van der Waals surface area contributed by atoms with E-state index in [1.54, 1.807) is 17.2 Å². The highest BCUT2D eigenvalue weighted by molar-refractivity contribution is 5.95. The number of hydrogen-bond acceptors (Lipinski definition) is 4. The van der Waals surface area contributed by atoms with Crippen molar-refractivity contribution in [3.8, 4) is 0 Å².